The van der Waals surface area contributed by atoms with Gasteiger partial charge in [-0.25, -0.2) is 4.79 Å². The standard InChI is InChI=1S/C21H36N2O/c1-3-5-6-7-8-9-10-11-12-13-18-22-21(24)23-20-16-14-19(4-2)15-17-20/h14-17H,3-13,18H2,1-2H3,(H2,22,23,24). The van der Waals surface area contributed by atoms with Crippen LogP contribution in [-0.4, -0.2) is 12.6 Å². The first-order valence-electron chi connectivity index (χ1n) is 9.90. The molecule has 0 saturated heterocycles. The second-order valence-corrected chi connectivity index (χ2v) is 6.61. The van der Waals surface area contributed by atoms with E-state index < -0.39 is 0 Å². The number of benzene rings is 1. The normalized spacial score (nSPS) is 10.6. The fraction of sp³-hybridized carbons (Fsp3) is 0.667. The van der Waals surface area contributed by atoms with Gasteiger partial charge in [0.2, 0.25) is 0 Å². The van der Waals surface area contributed by atoms with Crippen molar-refractivity contribution in [1.82, 2.24) is 5.32 Å². The predicted molar refractivity (Wildman–Crippen MR) is 105 cm³/mol. The second-order valence-electron chi connectivity index (χ2n) is 6.61. The Bertz CT molecular complexity index is 428. The van der Waals surface area contributed by atoms with E-state index in [4.69, 9.17) is 0 Å². The van der Waals surface area contributed by atoms with Gasteiger partial charge >= 0.3 is 6.03 Å². The van der Waals surface area contributed by atoms with Gasteiger partial charge in [-0.15, -0.1) is 0 Å². The van der Waals surface area contributed by atoms with Crippen LogP contribution in [0.2, 0.25) is 0 Å². The molecule has 2 amide bonds. The minimum atomic E-state index is -0.102. The molecule has 0 aliphatic carbocycles. The third kappa shape index (κ3) is 10.3. The van der Waals surface area contributed by atoms with Gasteiger partial charge in [0.05, 0.1) is 0 Å². The minimum absolute atomic E-state index is 0.102. The van der Waals surface area contributed by atoms with Crippen LogP contribution in [0.15, 0.2) is 24.3 Å². The zero-order valence-corrected chi connectivity index (χ0v) is 15.7. The smallest absolute Gasteiger partial charge is 0.319 e. The van der Waals surface area contributed by atoms with E-state index in [1.165, 1.54) is 63.4 Å². The Labute approximate surface area is 148 Å². The zero-order chi connectivity index (χ0) is 17.5. The highest BCUT2D eigenvalue weighted by Gasteiger charge is 2.00. The summed E-state index contributed by atoms with van der Waals surface area (Å²) in [5.41, 5.74) is 2.14. The summed E-state index contributed by atoms with van der Waals surface area (Å²) in [6.07, 6.45) is 14.2. The molecular weight excluding hydrogens is 296 g/mol. The van der Waals surface area contributed by atoms with Gasteiger partial charge in [0.1, 0.15) is 0 Å². The Kier molecular flexibility index (Phi) is 11.9. The number of carbonyl (C=O) groups excluding carboxylic acids is 1. The van der Waals surface area contributed by atoms with Crippen LogP contribution >= 0.6 is 0 Å². The molecule has 0 bridgehead atoms. The molecule has 0 saturated carbocycles. The molecule has 0 aliphatic rings. The van der Waals surface area contributed by atoms with Crippen LogP contribution in [0.4, 0.5) is 10.5 Å². The Balaban J connectivity index is 1.94. The maximum absolute atomic E-state index is 11.8. The van der Waals surface area contributed by atoms with E-state index in [1.807, 2.05) is 12.1 Å². The lowest BCUT2D eigenvalue weighted by atomic mass is 10.1. The number of rotatable bonds is 13. The van der Waals surface area contributed by atoms with Crippen LogP contribution in [0, 0.1) is 0 Å². The molecule has 1 aromatic carbocycles. The fourth-order valence-electron chi connectivity index (χ4n) is 2.81. The van der Waals surface area contributed by atoms with Crippen LogP contribution in [0.5, 0.6) is 0 Å². The van der Waals surface area contributed by atoms with Gasteiger partial charge in [-0.1, -0.05) is 83.8 Å². The summed E-state index contributed by atoms with van der Waals surface area (Å²) in [5.74, 6) is 0. The molecule has 3 nitrogen and oxygen atoms in total. The molecule has 2 N–H and O–H groups in total. The topological polar surface area (TPSA) is 41.1 Å². The zero-order valence-electron chi connectivity index (χ0n) is 15.7. The monoisotopic (exact) mass is 332 g/mol. The highest BCUT2D eigenvalue weighted by molar-refractivity contribution is 5.89. The molecule has 0 radical (unpaired) electrons. The van der Waals surface area contributed by atoms with Crippen molar-refractivity contribution in [2.75, 3.05) is 11.9 Å². The summed E-state index contributed by atoms with van der Waals surface area (Å²) >= 11 is 0. The lowest BCUT2D eigenvalue weighted by Gasteiger charge is -2.08. The van der Waals surface area contributed by atoms with Gasteiger partial charge in [0, 0.05) is 12.2 Å². The number of carbonyl (C=O) groups is 1. The average Bonchev–Trinajstić information content (AvgIpc) is 2.60. The van der Waals surface area contributed by atoms with Crippen LogP contribution in [0.3, 0.4) is 0 Å². The average molecular weight is 333 g/mol. The summed E-state index contributed by atoms with van der Waals surface area (Å²) in [6.45, 7) is 5.15. The molecule has 0 heterocycles. The first-order chi connectivity index (χ1) is 11.8. The number of hydrogen-bond donors (Lipinski definition) is 2. The molecule has 3 heteroatoms. The van der Waals surface area contributed by atoms with Crippen LogP contribution in [-0.2, 0) is 6.42 Å². The van der Waals surface area contributed by atoms with Gasteiger partial charge in [-0.3, -0.25) is 0 Å². The lowest BCUT2D eigenvalue weighted by Crippen LogP contribution is -2.29. The van der Waals surface area contributed by atoms with E-state index in [0.29, 0.717) is 0 Å². The van der Waals surface area contributed by atoms with E-state index in [1.54, 1.807) is 0 Å². The van der Waals surface area contributed by atoms with Crippen molar-refractivity contribution >= 4 is 11.7 Å². The van der Waals surface area contributed by atoms with Gasteiger partial charge in [-0.05, 0) is 30.5 Å². The highest BCUT2D eigenvalue weighted by atomic mass is 16.2. The van der Waals surface area contributed by atoms with Crippen LogP contribution in [0.1, 0.15) is 83.6 Å². The van der Waals surface area contributed by atoms with Crippen LogP contribution in [0.25, 0.3) is 0 Å². The van der Waals surface area contributed by atoms with Gasteiger partial charge in [0.15, 0.2) is 0 Å². The van der Waals surface area contributed by atoms with E-state index in [2.05, 4.69) is 36.6 Å². The number of unbranched alkanes of at least 4 members (excludes halogenated alkanes) is 9. The van der Waals surface area contributed by atoms with Crippen molar-refractivity contribution < 1.29 is 4.79 Å². The van der Waals surface area contributed by atoms with E-state index in [-0.39, 0.29) is 6.03 Å². The van der Waals surface area contributed by atoms with E-state index in [0.717, 1.165) is 25.1 Å². The van der Waals surface area contributed by atoms with Crippen molar-refractivity contribution in [3.63, 3.8) is 0 Å². The van der Waals surface area contributed by atoms with Crippen molar-refractivity contribution in [2.24, 2.45) is 0 Å². The predicted octanol–water partition coefficient (Wildman–Crippen LogP) is 6.29. The largest absolute Gasteiger partial charge is 0.338 e. The quantitative estimate of drug-likeness (QED) is 0.409. The molecule has 0 aliphatic heterocycles. The third-order valence-corrected chi connectivity index (χ3v) is 4.44. The molecule has 0 spiro atoms. The fourth-order valence-corrected chi connectivity index (χ4v) is 2.81. The summed E-state index contributed by atoms with van der Waals surface area (Å²) in [7, 11) is 0. The van der Waals surface area contributed by atoms with Gasteiger partial charge < -0.3 is 10.6 Å². The molecule has 0 unspecified atom stereocenters. The molecule has 0 atom stereocenters. The number of nitrogens with one attached hydrogen (secondary N) is 2. The molecule has 1 aromatic rings. The van der Waals surface area contributed by atoms with Crippen molar-refractivity contribution in [3.05, 3.63) is 29.8 Å². The van der Waals surface area contributed by atoms with Crippen LogP contribution < -0.4 is 10.6 Å². The Morgan fingerprint density at radius 2 is 1.33 bits per heavy atom. The van der Waals surface area contributed by atoms with Crippen molar-refractivity contribution in [2.45, 2.75) is 84.5 Å². The van der Waals surface area contributed by atoms with E-state index in [9.17, 15) is 4.79 Å². The molecule has 24 heavy (non-hydrogen) atoms. The Morgan fingerprint density at radius 3 is 1.88 bits per heavy atom. The highest BCUT2D eigenvalue weighted by Crippen LogP contribution is 2.11. The number of urea groups is 1. The van der Waals surface area contributed by atoms with Gasteiger partial charge in [-0.2, -0.15) is 0 Å². The molecule has 0 fully saturated rings. The van der Waals surface area contributed by atoms with E-state index >= 15 is 0 Å². The molecule has 136 valence electrons. The second kappa shape index (κ2) is 13.9. The number of hydrogen-bond acceptors (Lipinski definition) is 1. The maximum atomic E-state index is 11.8. The summed E-state index contributed by atoms with van der Waals surface area (Å²) < 4.78 is 0. The molecular formula is C21H36N2O. The summed E-state index contributed by atoms with van der Waals surface area (Å²) in [4.78, 5) is 11.8. The van der Waals surface area contributed by atoms with Crippen molar-refractivity contribution in [3.8, 4) is 0 Å². The van der Waals surface area contributed by atoms with Gasteiger partial charge in [0.25, 0.3) is 0 Å². The SMILES string of the molecule is CCCCCCCCCCCCNC(=O)Nc1ccc(CC)cc1. The summed E-state index contributed by atoms with van der Waals surface area (Å²) in [6, 6.07) is 7.92. The first-order valence-corrected chi connectivity index (χ1v) is 9.90. The minimum Gasteiger partial charge on any atom is -0.338 e. The first kappa shape index (κ1) is 20.5. The molecule has 0 aromatic heterocycles. The Morgan fingerprint density at radius 1 is 0.792 bits per heavy atom. The number of aryl methyl sites for hydroxylation is 1. The number of anilines is 1. The summed E-state index contributed by atoms with van der Waals surface area (Å²) in [5, 5.41) is 5.81. The Hall–Kier alpha value is -1.51. The number of amides is 2. The molecule has 1 rings (SSSR count). The third-order valence-electron chi connectivity index (χ3n) is 4.44. The maximum Gasteiger partial charge on any atom is 0.319 e. The van der Waals surface area contributed by atoms with Crippen molar-refractivity contribution in [1.29, 1.82) is 0 Å². The lowest BCUT2D eigenvalue weighted by molar-refractivity contribution is 0.252.